The van der Waals surface area contributed by atoms with Gasteiger partial charge >= 0.3 is 41.9 Å². The number of alkyl carbamates (subject to hydrolysis) is 1. The van der Waals surface area contributed by atoms with Crippen molar-refractivity contribution in [3.05, 3.63) is 60.2 Å². The third kappa shape index (κ3) is 30.3. The molecule has 4 amide bonds. The van der Waals surface area contributed by atoms with Gasteiger partial charge in [-0.3, -0.25) is 43.2 Å². The van der Waals surface area contributed by atoms with E-state index in [4.69, 9.17) is 63.4 Å². The van der Waals surface area contributed by atoms with E-state index in [0.717, 1.165) is 27.1 Å². The zero-order chi connectivity index (χ0) is 60.9. The van der Waals surface area contributed by atoms with E-state index in [-0.39, 0.29) is 163 Å². The fourth-order valence-electron chi connectivity index (χ4n) is 8.09. The molecule has 1 atom stereocenters. The Kier molecular flexibility index (Phi) is 32.7. The highest BCUT2D eigenvalue weighted by Gasteiger charge is 2.35. The average Bonchev–Trinajstić information content (AvgIpc) is 3.53. The van der Waals surface area contributed by atoms with E-state index in [1.807, 2.05) is 48.5 Å². The Labute approximate surface area is 477 Å². The second-order valence-electron chi connectivity index (χ2n) is 19.2. The van der Waals surface area contributed by atoms with E-state index in [2.05, 4.69) is 27.3 Å². The molecule has 0 fully saturated rings. The number of aliphatic carboxylic acids is 6. The van der Waals surface area contributed by atoms with Gasteiger partial charge in [-0.15, -0.1) is 0 Å². The predicted molar refractivity (Wildman–Crippen MR) is 290 cm³/mol. The van der Waals surface area contributed by atoms with Crippen molar-refractivity contribution in [3.8, 4) is 0 Å². The molecular formula is C55H76N4O24. The highest BCUT2D eigenvalue weighted by Crippen LogP contribution is 2.29. The summed E-state index contributed by atoms with van der Waals surface area (Å²) in [6, 6.07) is 16.6. The number of hydrogen-bond donors (Lipinski definition) is 10. The Morgan fingerprint density at radius 2 is 0.819 bits per heavy atom. The molecule has 0 saturated carbocycles. The molecule has 0 radical (unpaired) electrons. The lowest BCUT2D eigenvalue weighted by molar-refractivity contribution is -0.141. The van der Waals surface area contributed by atoms with Gasteiger partial charge in [0.2, 0.25) is 17.7 Å². The predicted octanol–water partition coefficient (Wildman–Crippen LogP) is 2.72. The Bertz CT molecular complexity index is 2450. The summed E-state index contributed by atoms with van der Waals surface area (Å²) in [4.78, 5) is 120. The van der Waals surface area contributed by atoms with Crippen LogP contribution in [0.25, 0.3) is 21.5 Å². The van der Waals surface area contributed by atoms with Crippen LogP contribution in [0.1, 0.15) is 82.6 Å². The molecule has 83 heavy (non-hydrogen) atoms. The van der Waals surface area contributed by atoms with Crippen molar-refractivity contribution in [2.75, 3.05) is 99.0 Å². The Morgan fingerprint density at radius 1 is 0.434 bits per heavy atom. The summed E-state index contributed by atoms with van der Waals surface area (Å²) in [5.41, 5.74) is -2.14. The van der Waals surface area contributed by atoms with Crippen molar-refractivity contribution >= 4 is 81.2 Å². The van der Waals surface area contributed by atoms with Gasteiger partial charge in [-0.05, 0) is 46.9 Å². The molecular weight excluding hydrogens is 1100 g/mol. The zero-order valence-electron chi connectivity index (χ0n) is 46.1. The van der Waals surface area contributed by atoms with E-state index < -0.39 is 96.0 Å². The molecule has 10 N–H and O–H groups in total. The van der Waals surface area contributed by atoms with Crippen molar-refractivity contribution in [1.82, 2.24) is 21.3 Å². The van der Waals surface area contributed by atoms with Crippen LogP contribution in [0, 0.1) is 0 Å². The standard InChI is InChI=1S/C55H76N4O24/c60-44(11-6-21-56-53(75)83-32-43-41-9-3-1-7-38(41)29-39-8-2-4-10-42(39)43)57-40(30-76-22-13-45(61)58-54(20-5-12-47(63)64,33-78-24-15-48(65)66)34-79-25-16-49(67)68)31-77-23-14-46(62)59-55(35-80-26-17-50(69)70,36-81-27-18-51(71)72)37-82-28-19-52(73)74/h1-4,7-10,29,40H,5-6,11-28,30-37H2,(H,56,75)(H,57,60)(H,58,61)(H,59,62)(H,63,64)(H,65,66)(H,67,68)(H,69,70)(H,71,72)(H,73,74). The number of fused-ring (bicyclic) bond motifs is 2. The number of nitrogens with one attached hydrogen (secondary N) is 4. The van der Waals surface area contributed by atoms with Crippen molar-refractivity contribution in [1.29, 1.82) is 0 Å². The molecule has 0 spiro atoms. The molecule has 28 heteroatoms. The lowest BCUT2D eigenvalue weighted by Gasteiger charge is -2.34. The first kappa shape index (κ1) is 69.7. The summed E-state index contributed by atoms with van der Waals surface area (Å²) in [5, 5.41) is 69.6. The number of rotatable bonds is 48. The van der Waals surface area contributed by atoms with Gasteiger partial charge in [-0.1, -0.05) is 48.5 Å². The molecule has 1 unspecified atom stereocenters. The molecule has 0 bridgehead atoms. The van der Waals surface area contributed by atoms with Crippen LogP contribution in [-0.2, 0) is 87.7 Å². The van der Waals surface area contributed by atoms with E-state index in [1.54, 1.807) is 0 Å². The maximum absolute atomic E-state index is 13.5. The molecule has 3 rings (SSSR count). The zero-order valence-corrected chi connectivity index (χ0v) is 46.1. The number of carboxylic acid groups (broad SMARTS) is 6. The third-order valence-electron chi connectivity index (χ3n) is 12.1. The fourth-order valence-corrected chi connectivity index (χ4v) is 8.09. The Hall–Kier alpha value is -7.60. The van der Waals surface area contributed by atoms with E-state index >= 15 is 0 Å². The van der Waals surface area contributed by atoms with Crippen LogP contribution < -0.4 is 21.3 Å². The first-order chi connectivity index (χ1) is 39.7. The maximum atomic E-state index is 13.5. The summed E-state index contributed by atoms with van der Waals surface area (Å²) < 4.78 is 44.9. The number of amides is 4. The molecule has 0 aliphatic rings. The SMILES string of the molecule is O=C(O)CCCC(COCCC(=O)O)(COCCC(=O)O)NC(=O)CCOCC(COCCC(=O)NC(COCCC(=O)O)(COCCC(=O)O)COCCC(=O)O)NC(=O)CCCNC(=O)OCc1c2ccccc2cc2ccccc12. The van der Waals surface area contributed by atoms with Gasteiger partial charge in [0.25, 0.3) is 0 Å². The third-order valence-corrected chi connectivity index (χ3v) is 12.1. The molecule has 3 aromatic rings. The number of carbonyl (C=O) groups is 10. The normalized spacial score (nSPS) is 11.9. The van der Waals surface area contributed by atoms with Gasteiger partial charge in [-0.25, -0.2) is 4.79 Å². The molecule has 28 nitrogen and oxygen atoms in total. The Morgan fingerprint density at radius 3 is 1.24 bits per heavy atom. The summed E-state index contributed by atoms with van der Waals surface area (Å²) in [6.45, 7) is -4.20. The monoisotopic (exact) mass is 1180 g/mol. The minimum absolute atomic E-state index is 0.0164. The second-order valence-corrected chi connectivity index (χ2v) is 19.2. The molecule has 460 valence electrons. The van der Waals surface area contributed by atoms with Crippen LogP contribution >= 0.6 is 0 Å². The minimum atomic E-state index is -1.56. The Balaban J connectivity index is 1.70. The first-order valence-electron chi connectivity index (χ1n) is 26.8. The number of carboxylic acids is 6. The largest absolute Gasteiger partial charge is 0.481 e. The number of carbonyl (C=O) groups excluding carboxylic acids is 4. The second kappa shape index (κ2) is 39.0. The lowest BCUT2D eigenvalue weighted by Crippen LogP contribution is -2.59. The number of benzene rings is 3. The summed E-state index contributed by atoms with van der Waals surface area (Å²) in [5.74, 6) is -8.76. The molecule has 0 heterocycles. The smallest absolute Gasteiger partial charge is 0.407 e. The van der Waals surface area contributed by atoms with Gasteiger partial charge in [0.1, 0.15) is 12.1 Å². The lowest BCUT2D eigenvalue weighted by atomic mass is 9.93. The molecule has 0 aliphatic heterocycles. The quantitative estimate of drug-likeness (QED) is 0.0287. The van der Waals surface area contributed by atoms with Gasteiger partial charge in [-0.2, -0.15) is 0 Å². The van der Waals surface area contributed by atoms with Gasteiger partial charge in [0.15, 0.2) is 0 Å². The van der Waals surface area contributed by atoms with Crippen molar-refractivity contribution in [2.45, 2.75) is 101 Å². The van der Waals surface area contributed by atoms with Gasteiger partial charge < -0.3 is 89.8 Å². The van der Waals surface area contributed by atoms with Gasteiger partial charge in [0.05, 0.1) is 136 Å². The molecule has 0 aliphatic carbocycles. The summed E-state index contributed by atoms with van der Waals surface area (Å²) in [7, 11) is 0. The molecule has 0 saturated heterocycles. The highest BCUT2D eigenvalue weighted by molar-refractivity contribution is 6.02. The van der Waals surface area contributed by atoms with Crippen LogP contribution in [0.5, 0.6) is 0 Å². The maximum Gasteiger partial charge on any atom is 0.407 e. The molecule has 0 aromatic heterocycles. The van der Waals surface area contributed by atoms with Crippen LogP contribution in [0.15, 0.2) is 54.6 Å². The number of ether oxygens (including phenoxy) is 8. The van der Waals surface area contributed by atoms with E-state index in [0.29, 0.717) is 0 Å². The van der Waals surface area contributed by atoms with Crippen LogP contribution in [0.4, 0.5) is 4.79 Å². The highest BCUT2D eigenvalue weighted by atomic mass is 16.6. The van der Waals surface area contributed by atoms with Crippen molar-refractivity contribution in [2.24, 2.45) is 0 Å². The van der Waals surface area contributed by atoms with Gasteiger partial charge in [0, 0.05) is 37.8 Å². The van der Waals surface area contributed by atoms with E-state index in [9.17, 15) is 53.1 Å². The van der Waals surface area contributed by atoms with E-state index in [1.165, 1.54) is 0 Å². The van der Waals surface area contributed by atoms with Crippen molar-refractivity contribution < 1.29 is 116 Å². The molecule has 3 aromatic carbocycles. The van der Waals surface area contributed by atoms with Crippen LogP contribution in [0.3, 0.4) is 0 Å². The topological polar surface area (TPSA) is 414 Å². The first-order valence-corrected chi connectivity index (χ1v) is 26.8. The summed E-state index contributed by atoms with van der Waals surface area (Å²) >= 11 is 0. The summed E-state index contributed by atoms with van der Waals surface area (Å²) in [6.07, 6.45) is -3.55. The minimum Gasteiger partial charge on any atom is -0.481 e. The van der Waals surface area contributed by atoms with Crippen LogP contribution in [0.2, 0.25) is 0 Å². The van der Waals surface area contributed by atoms with Crippen molar-refractivity contribution in [3.63, 3.8) is 0 Å². The number of hydrogen-bond acceptors (Lipinski definition) is 18. The fraction of sp³-hybridized carbons (Fsp3) is 0.564. The average molecular weight is 1180 g/mol. The van der Waals surface area contributed by atoms with Crippen LogP contribution in [-0.4, -0.2) is 206 Å².